The second-order valence-electron chi connectivity index (χ2n) is 6.63. The number of rotatable bonds is 9. The Morgan fingerprint density at radius 2 is 1.68 bits per heavy atom. The van der Waals surface area contributed by atoms with Crippen LogP contribution in [0.2, 0.25) is 0 Å². The predicted molar refractivity (Wildman–Crippen MR) is 94.3 cm³/mol. The Hall–Kier alpha value is -2.21. The zero-order chi connectivity index (χ0) is 19.0. The summed E-state index contributed by atoms with van der Waals surface area (Å²) in [6, 6.07) is 7.20. The lowest BCUT2D eigenvalue weighted by atomic mass is 10.0. The molecule has 0 radical (unpaired) electrons. The van der Waals surface area contributed by atoms with Crippen molar-refractivity contribution in [1.82, 2.24) is 4.90 Å². The Bertz CT molecular complexity index is 607. The van der Waals surface area contributed by atoms with E-state index in [1.165, 1.54) is 12.0 Å². The standard InChI is InChI=1S/C19H27NO5/c1-14-5-7-15(8-6-14)16(22)9-10-17(23)20(19(2,3)13-21)12-11-18(24)25-4/h5-8,21H,9-13H2,1-4H3. The first-order valence-corrected chi connectivity index (χ1v) is 8.29. The van der Waals surface area contributed by atoms with Gasteiger partial charge in [-0.25, -0.2) is 0 Å². The molecule has 0 spiro atoms. The monoisotopic (exact) mass is 349 g/mol. The Morgan fingerprint density at radius 1 is 1.08 bits per heavy atom. The summed E-state index contributed by atoms with van der Waals surface area (Å²) in [6.07, 6.45) is 0.146. The van der Waals surface area contributed by atoms with E-state index in [-0.39, 0.29) is 44.1 Å². The number of nitrogens with zero attached hydrogens (tertiary/aromatic N) is 1. The van der Waals surface area contributed by atoms with Crippen LogP contribution in [-0.4, -0.2) is 53.5 Å². The van der Waals surface area contributed by atoms with Crippen LogP contribution in [0.5, 0.6) is 0 Å². The summed E-state index contributed by atoms with van der Waals surface area (Å²) in [5.74, 6) is -0.811. The zero-order valence-electron chi connectivity index (χ0n) is 15.4. The number of ketones is 1. The molecule has 0 aliphatic heterocycles. The summed E-state index contributed by atoms with van der Waals surface area (Å²) in [4.78, 5) is 37.6. The van der Waals surface area contributed by atoms with Crippen molar-refractivity contribution in [3.05, 3.63) is 35.4 Å². The lowest BCUT2D eigenvalue weighted by molar-refractivity contribution is -0.144. The fourth-order valence-electron chi connectivity index (χ4n) is 2.39. The number of Topliss-reactive ketones (excluding diaryl/α,β-unsaturated/α-hetero) is 1. The number of carbonyl (C=O) groups excluding carboxylic acids is 3. The minimum Gasteiger partial charge on any atom is -0.469 e. The summed E-state index contributed by atoms with van der Waals surface area (Å²) in [6.45, 7) is 5.26. The number of benzene rings is 1. The van der Waals surface area contributed by atoms with Gasteiger partial charge in [0.05, 0.1) is 25.7 Å². The van der Waals surface area contributed by atoms with Crippen LogP contribution in [0.25, 0.3) is 0 Å². The Balaban J connectivity index is 2.72. The second kappa shape index (κ2) is 9.32. The molecule has 0 aliphatic carbocycles. The normalized spacial score (nSPS) is 11.1. The van der Waals surface area contributed by atoms with Crippen molar-refractivity contribution in [3.63, 3.8) is 0 Å². The minimum atomic E-state index is -0.821. The number of aliphatic hydroxyl groups is 1. The molecule has 6 heteroatoms. The number of aryl methyl sites for hydroxylation is 1. The van der Waals surface area contributed by atoms with Crippen LogP contribution in [0.15, 0.2) is 24.3 Å². The van der Waals surface area contributed by atoms with Gasteiger partial charge in [-0.3, -0.25) is 14.4 Å². The van der Waals surface area contributed by atoms with Crippen molar-refractivity contribution in [2.75, 3.05) is 20.3 Å². The van der Waals surface area contributed by atoms with Gasteiger partial charge in [-0.2, -0.15) is 0 Å². The van der Waals surface area contributed by atoms with Crippen molar-refractivity contribution in [2.24, 2.45) is 0 Å². The van der Waals surface area contributed by atoms with Crippen molar-refractivity contribution in [1.29, 1.82) is 0 Å². The molecule has 1 aromatic rings. The molecule has 0 aromatic heterocycles. The molecule has 0 bridgehead atoms. The van der Waals surface area contributed by atoms with Gasteiger partial charge in [0, 0.05) is 24.9 Å². The van der Waals surface area contributed by atoms with Gasteiger partial charge in [-0.15, -0.1) is 0 Å². The maximum Gasteiger partial charge on any atom is 0.307 e. The maximum absolute atomic E-state index is 12.6. The Morgan fingerprint density at radius 3 is 2.20 bits per heavy atom. The van der Waals surface area contributed by atoms with Gasteiger partial charge in [-0.05, 0) is 20.8 Å². The predicted octanol–water partition coefficient (Wildman–Crippen LogP) is 2.12. The summed E-state index contributed by atoms with van der Waals surface area (Å²) in [5, 5.41) is 9.54. The average Bonchev–Trinajstić information content (AvgIpc) is 2.59. The number of hydrogen-bond donors (Lipinski definition) is 1. The van der Waals surface area contributed by atoms with Crippen LogP contribution in [0.4, 0.5) is 0 Å². The van der Waals surface area contributed by atoms with Gasteiger partial charge in [-0.1, -0.05) is 29.8 Å². The fraction of sp³-hybridized carbons (Fsp3) is 0.526. The molecular weight excluding hydrogens is 322 g/mol. The SMILES string of the molecule is COC(=O)CCN(C(=O)CCC(=O)c1ccc(C)cc1)C(C)(C)CO. The largest absolute Gasteiger partial charge is 0.469 e. The lowest BCUT2D eigenvalue weighted by Gasteiger charge is -2.37. The smallest absolute Gasteiger partial charge is 0.307 e. The molecule has 1 aromatic carbocycles. The highest BCUT2D eigenvalue weighted by Crippen LogP contribution is 2.17. The van der Waals surface area contributed by atoms with Gasteiger partial charge in [0.2, 0.25) is 5.91 Å². The minimum absolute atomic E-state index is 0.0251. The summed E-state index contributed by atoms with van der Waals surface area (Å²) in [7, 11) is 1.28. The maximum atomic E-state index is 12.6. The van der Waals surface area contributed by atoms with E-state index < -0.39 is 11.5 Å². The van der Waals surface area contributed by atoms with Crippen LogP contribution in [-0.2, 0) is 14.3 Å². The van der Waals surface area contributed by atoms with Crippen molar-refractivity contribution in [2.45, 2.75) is 45.6 Å². The fourth-order valence-corrected chi connectivity index (χ4v) is 2.39. The molecular formula is C19H27NO5. The van der Waals surface area contributed by atoms with Gasteiger partial charge < -0.3 is 14.7 Å². The summed E-state index contributed by atoms with van der Waals surface area (Å²) >= 11 is 0. The van der Waals surface area contributed by atoms with Crippen molar-refractivity contribution >= 4 is 17.7 Å². The third kappa shape index (κ3) is 6.31. The molecule has 0 atom stereocenters. The Labute approximate surface area is 148 Å². The highest BCUT2D eigenvalue weighted by molar-refractivity contribution is 5.98. The highest BCUT2D eigenvalue weighted by atomic mass is 16.5. The van der Waals surface area contributed by atoms with E-state index in [0.29, 0.717) is 5.56 Å². The first-order valence-electron chi connectivity index (χ1n) is 8.29. The van der Waals surface area contributed by atoms with Crippen LogP contribution >= 0.6 is 0 Å². The lowest BCUT2D eigenvalue weighted by Crippen LogP contribution is -2.51. The third-order valence-corrected chi connectivity index (χ3v) is 4.13. The molecule has 0 aliphatic rings. The third-order valence-electron chi connectivity index (χ3n) is 4.13. The molecule has 1 amide bonds. The van der Waals surface area contributed by atoms with Crippen LogP contribution in [0.3, 0.4) is 0 Å². The van der Waals surface area contributed by atoms with Crippen molar-refractivity contribution < 1.29 is 24.2 Å². The molecule has 0 saturated carbocycles. The molecule has 0 heterocycles. The van der Waals surface area contributed by atoms with Crippen LogP contribution in [0.1, 0.15) is 49.0 Å². The number of hydrogen-bond acceptors (Lipinski definition) is 5. The summed E-state index contributed by atoms with van der Waals surface area (Å²) in [5.41, 5.74) is 0.810. The van der Waals surface area contributed by atoms with E-state index in [1.807, 2.05) is 19.1 Å². The number of carbonyl (C=O) groups is 3. The number of methoxy groups -OCH3 is 1. The Kier molecular flexibility index (Phi) is 7.77. The van der Waals surface area contributed by atoms with E-state index in [9.17, 15) is 19.5 Å². The van der Waals surface area contributed by atoms with Gasteiger partial charge in [0.25, 0.3) is 0 Å². The van der Waals surface area contributed by atoms with E-state index in [1.54, 1.807) is 26.0 Å². The average molecular weight is 349 g/mol. The topological polar surface area (TPSA) is 83.9 Å². The molecule has 0 unspecified atom stereocenters. The van der Waals surface area contributed by atoms with Crippen molar-refractivity contribution in [3.8, 4) is 0 Å². The van der Waals surface area contributed by atoms with Gasteiger partial charge in [0.15, 0.2) is 5.78 Å². The molecule has 25 heavy (non-hydrogen) atoms. The van der Waals surface area contributed by atoms with Gasteiger partial charge >= 0.3 is 5.97 Å². The first kappa shape index (κ1) is 20.8. The first-order chi connectivity index (χ1) is 11.7. The van der Waals surface area contributed by atoms with Crippen LogP contribution < -0.4 is 0 Å². The van der Waals surface area contributed by atoms with E-state index in [4.69, 9.17) is 0 Å². The van der Waals surface area contributed by atoms with E-state index >= 15 is 0 Å². The molecule has 0 fully saturated rings. The number of esters is 1. The second-order valence-corrected chi connectivity index (χ2v) is 6.63. The number of amides is 1. The molecule has 0 saturated heterocycles. The van der Waals surface area contributed by atoms with Crippen LogP contribution in [0, 0.1) is 6.92 Å². The number of ether oxygens (including phenoxy) is 1. The molecule has 1 rings (SSSR count). The number of aliphatic hydroxyl groups excluding tert-OH is 1. The quantitative estimate of drug-likeness (QED) is 0.545. The van der Waals surface area contributed by atoms with Gasteiger partial charge in [0.1, 0.15) is 0 Å². The highest BCUT2D eigenvalue weighted by Gasteiger charge is 2.30. The van der Waals surface area contributed by atoms with E-state index in [2.05, 4.69) is 4.74 Å². The van der Waals surface area contributed by atoms with E-state index in [0.717, 1.165) is 5.56 Å². The molecule has 1 N–H and O–H groups in total. The zero-order valence-corrected chi connectivity index (χ0v) is 15.4. The molecule has 6 nitrogen and oxygen atoms in total. The molecule has 138 valence electrons. The summed E-state index contributed by atoms with van der Waals surface area (Å²) < 4.78 is 4.60.